The highest BCUT2D eigenvalue weighted by molar-refractivity contribution is 6.04. The van der Waals surface area contributed by atoms with E-state index in [2.05, 4.69) is 5.32 Å². The van der Waals surface area contributed by atoms with Crippen molar-refractivity contribution in [1.29, 1.82) is 5.26 Å². The van der Waals surface area contributed by atoms with Gasteiger partial charge in [0.1, 0.15) is 0 Å². The van der Waals surface area contributed by atoms with Crippen LogP contribution in [0.1, 0.15) is 21.5 Å². The van der Waals surface area contributed by atoms with Crippen LogP contribution >= 0.6 is 0 Å². The zero-order valence-corrected chi connectivity index (χ0v) is 11.9. The second-order valence-electron chi connectivity index (χ2n) is 4.74. The van der Waals surface area contributed by atoms with E-state index in [-0.39, 0.29) is 11.6 Å². The number of anilines is 1. The fourth-order valence-corrected chi connectivity index (χ4v) is 2.00. The number of nitrogens with one attached hydrogen (secondary N) is 1. The van der Waals surface area contributed by atoms with Crippen molar-refractivity contribution in [3.05, 3.63) is 69.3 Å². The molecule has 1 N–H and O–H groups in total. The maximum Gasteiger partial charge on any atom is 0.272 e. The Balaban J connectivity index is 2.13. The molecule has 0 aliphatic rings. The number of hydrogen-bond acceptors (Lipinski definition) is 4. The van der Waals surface area contributed by atoms with Crippen LogP contribution in [0.15, 0.2) is 42.5 Å². The van der Waals surface area contributed by atoms with Gasteiger partial charge in [0.2, 0.25) is 0 Å². The first kappa shape index (κ1) is 15.2. The van der Waals surface area contributed by atoms with E-state index < -0.39 is 4.92 Å². The van der Waals surface area contributed by atoms with Gasteiger partial charge in [0.05, 0.1) is 17.4 Å². The summed E-state index contributed by atoms with van der Waals surface area (Å²) in [5.41, 5.74) is 2.23. The molecular weight excluding hydrogens is 282 g/mol. The largest absolute Gasteiger partial charge is 0.322 e. The van der Waals surface area contributed by atoms with Crippen LogP contribution in [-0.2, 0) is 6.42 Å². The van der Waals surface area contributed by atoms with Gasteiger partial charge in [0.25, 0.3) is 11.6 Å². The molecule has 6 heteroatoms. The summed E-state index contributed by atoms with van der Waals surface area (Å²) in [5.74, 6) is -0.342. The maximum atomic E-state index is 12.1. The standard InChI is InChI=1S/C16H13N3O3/c1-11-10-13(4-7-15(11)19(21)22)16(20)18-14-5-2-12(3-6-14)8-9-17/h2-7,10H,8H2,1H3,(H,18,20). The van der Waals surface area contributed by atoms with Crippen LogP contribution < -0.4 is 5.32 Å². The minimum absolute atomic E-state index is 0.0163. The van der Waals surface area contributed by atoms with Crippen molar-refractivity contribution >= 4 is 17.3 Å². The zero-order chi connectivity index (χ0) is 16.1. The highest BCUT2D eigenvalue weighted by atomic mass is 16.6. The molecule has 6 nitrogen and oxygen atoms in total. The molecule has 2 aromatic carbocycles. The lowest BCUT2D eigenvalue weighted by atomic mass is 10.1. The lowest BCUT2D eigenvalue weighted by molar-refractivity contribution is -0.385. The van der Waals surface area contributed by atoms with Crippen molar-refractivity contribution in [3.8, 4) is 6.07 Å². The Morgan fingerprint density at radius 3 is 2.50 bits per heavy atom. The molecule has 0 saturated heterocycles. The first-order chi connectivity index (χ1) is 10.5. The number of carbonyl (C=O) groups excluding carboxylic acids is 1. The molecule has 0 heterocycles. The lowest BCUT2D eigenvalue weighted by Gasteiger charge is -2.07. The van der Waals surface area contributed by atoms with E-state index >= 15 is 0 Å². The quantitative estimate of drug-likeness (QED) is 0.691. The third kappa shape index (κ3) is 3.46. The van der Waals surface area contributed by atoms with Gasteiger partial charge in [-0.1, -0.05) is 12.1 Å². The molecule has 0 unspecified atom stereocenters. The summed E-state index contributed by atoms with van der Waals surface area (Å²) in [4.78, 5) is 22.4. The average molecular weight is 295 g/mol. The van der Waals surface area contributed by atoms with Gasteiger partial charge in [0, 0.05) is 22.9 Å². The number of nitriles is 1. The highest BCUT2D eigenvalue weighted by Crippen LogP contribution is 2.19. The van der Waals surface area contributed by atoms with Gasteiger partial charge in [-0.3, -0.25) is 14.9 Å². The monoisotopic (exact) mass is 295 g/mol. The van der Waals surface area contributed by atoms with Crippen molar-refractivity contribution in [1.82, 2.24) is 0 Å². The molecule has 2 aromatic rings. The first-order valence-corrected chi connectivity index (χ1v) is 6.53. The Hall–Kier alpha value is -3.20. The molecule has 0 aliphatic heterocycles. The van der Waals surface area contributed by atoms with Crippen molar-refractivity contribution in [2.75, 3.05) is 5.32 Å². The van der Waals surface area contributed by atoms with Gasteiger partial charge in [-0.25, -0.2) is 0 Å². The molecule has 0 aliphatic carbocycles. The second-order valence-corrected chi connectivity index (χ2v) is 4.74. The number of hydrogen-bond donors (Lipinski definition) is 1. The maximum absolute atomic E-state index is 12.1. The summed E-state index contributed by atoms with van der Waals surface area (Å²) >= 11 is 0. The van der Waals surface area contributed by atoms with Crippen LogP contribution in [0.5, 0.6) is 0 Å². The Morgan fingerprint density at radius 1 is 1.27 bits per heavy atom. The number of rotatable bonds is 4. The zero-order valence-electron chi connectivity index (χ0n) is 11.9. The Morgan fingerprint density at radius 2 is 1.95 bits per heavy atom. The van der Waals surface area contributed by atoms with E-state index in [4.69, 9.17) is 5.26 Å². The fraction of sp³-hybridized carbons (Fsp3) is 0.125. The normalized spacial score (nSPS) is 9.82. The summed E-state index contributed by atoms with van der Waals surface area (Å²) in [6.07, 6.45) is 0.315. The molecule has 0 spiro atoms. The Kier molecular flexibility index (Phi) is 4.49. The first-order valence-electron chi connectivity index (χ1n) is 6.53. The van der Waals surface area contributed by atoms with E-state index in [1.807, 2.05) is 6.07 Å². The van der Waals surface area contributed by atoms with E-state index in [9.17, 15) is 14.9 Å². The van der Waals surface area contributed by atoms with Crippen LogP contribution in [0.3, 0.4) is 0 Å². The van der Waals surface area contributed by atoms with Crippen LogP contribution in [0, 0.1) is 28.4 Å². The van der Waals surface area contributed by atoms with Crippen LogP contribution in [0.4, 0.5) is 11.4 Å². The molecule has 0 atom stereocenters. The predicted octanol–water partition coefficient (Wildman–Crippen LogP) is 3.22. The second kappa shape index (κ2) is 6.50. The molecule has 22 heavy (non-hydrogen) atoms. The van der Waals surface area contributed by atoms with Gasteiger partial charge in [0.15, 0.2) is 0 Å². The van der Waals surface area contributed by atoms with Crippen LogP contribution in [0.25, 0.3) is 0 Å². The molecule has 0 aromatic heterocycles. The molecular formula is C16H13N3O3. The molecule has 2 rings (SSSR count). The fourth-order valence-electron chi connectivity index (χ4n) is 2.00. The summed E-state index contributed by atoms with van der Waals surface area (Å²) in [6, 6.07) is 13.2. The summed E-state index contributed by atoms with van der Waals surface area (Å²) in [7, 11) is 0. The van der Waals surface area contributed by atoms with Gasteiger partial charge in [-0.15, -0.1) is 0 Å². The van der Waals surface area contributed by atoms with E-state index in [1.165, 1.54) is 18.2 Å². The van der Waals surface area contributed by atoms with Gasteiger partial charge < -0.3 is 5.32 Å². The van der Waals surface area contributed by atoms with Crippen molar-refractivity contribution in [2.45, 2.75) is 13.3 Å². The number of nitro groups is 1. The third-order valence-electron chi connectivity index (χ3n) is 3.15. The van der Waals surface area contributed by atoms with Crippen molar-refractivity contribution < 1.29 is 9.72 Å². The SMILES string of the molecule is Cc1cc(C(=O)Nc2ccc(CC#N)cc2)ccc1[N+](=O)[O-]. The number of carbonyl (C=O) groups is 1. The average Bonchev–Trinajstić information content (AvgIpc) is 2.49. The summed E-state index contributed by atoms with van der Waals surface area (Å²) in [5, 5.41) is 22.1. The third-order valence-corrected chi connectivity index (χ3v) is 3.15. The highest BCUT2D eigenvalue weighted by Gasteiger charge is 2.13. The van der Waals surface area contributed by atoms with Gasteiger partial charge in [-0.05, 0) is 36.8 Å². The molecule has 0 bridgehead atoms. The van der Waals surface area contributed by atoms with Crippen LogP contribution in [-0.4, -0.2) is 10.8 Å². The number of nitro benzene ring substituents is 1. The minimum Gasteiger partial charge on any atom is -0.322 e. The van der Waals surface area contributed by atoms with Crippen molar-refractivity contribution in [2.24, 2.45) is 0 Å². The molecule has 1 amide bonds. The number of amides is 1. The topological polar surface area (TPSA) is 96.0 Å². The van der Waals surface area contributed by atoms with E-state index in [0.29, 0.717) is 23.2 Å². The van der Waals surface area contributed by atoms with Gasteiger partial charge in [-0.2, -0.15) is 5.26 Å². The lowest BCUT2D eigenvalue weighted by Crippen LogP contribution is -2.12. The smallest absolute Gasteiger partial charge is 0.272 e. The molecule has 110 valence electrons. The van der Waals surface area contributed by atoms with Crippen LogP contribution in [0.2, 0.25) is 0 Å². The van der Waals surface area contributed by atoms with E-state index in [0.717, 1.165) is 5.56 Å². The Bertz CT molecular complexity index is 761. The van der Waals surface area contributed by atoms with Crippen molar-refractivity contribution in [3.63, 3.8) is 0 Å². The van der Waals surface area contributed by atoms with Gasteiger partial charge >= 0.3 is 0 Å². The summed E-state index contributed by atoms with van der Waals surface area (Å²) in [6.45, 7) is 1.59. The minimum atomic E-state index is -0.481. The molecule has 0 radical (unpaired) electrons. The summed E-state index contributed by atoms with van der Waals surface area (Å²) < 4.78 is 0. The number of benzene rings is 2. The molecule has 0 saturated carbocycles. The Labute approximate surface area is 127 Å². The number of nitrogens with zero attached hydrogens (tertiary/aromatic N) is 2. The predicted molar refractivity (Wildman–Crippen MR) is 81.5 cm³/mol. The molecule has 0 fully saturated rings. The number of aryl methyl sites for hydroxylation is 1. The van der Waals surface area contributed by atoms with E-state index in [1.54, 1.807) is 31.2 Å².